The van der Waals surface area contributed by atoms with E-state index < -0.39 is 5.97 Å². The molecule has 0 radical (unpaired) electrons. The molecule has 2 aromatic heterocycles. The van der Waals surface area contributed by atoms with Gasteiger partial charge in [-0.1, -0.05) is 0 Å². The molecule has 0 N–H and O–H groups in total. The molecule has 14 heavy (non-hydrogen) atoms. The molecule has 0 fully saturated rings. The first-order chi connectivity index (χ1) is 6.74. The van der Waals surface area contributed by atoms with Gasteiger partial charge in [0.05, 0.1) is 11.6 Å². The maximum atomic E-state index is 11.2. The number of ether oxygens (including phenoxy) is 1. The Balaban J connectivity index is 2.68. The minimum absolute atomic E-state index is 0.228. The van der Waals surface area contributed by atoms with Gasteiger partial charge in [0.2, 0.25) is 0 Å². The Morgan fingerprint density at radius 2 is 2.43 bits per heavy atom. The van der Waals surface area contributed by atoms with Crippen molar-refractivity contribution in [2.45, 2.75) is 0 Å². The van der Waals surface area contributed by atoms with E-state index in [9.17, 15) is 4.79 Å². The number of methoxy groups -OCH3 is 1. The van der Waals surface area contributed by atoms with Crippen LogP contribution in [0.25, 0.3) is 5.52 Å². The van der Waals surface area contributed by atoms with Crippen LogP contribution in [0.3, 0.4) is 0 Å². The second kappa shape index (κ2) is 3.38. The molecule has 2 rings (SSSR count). The number of esters is 1. The van der Waals surface area contributed by atoms with Crippen molar-refractivity contribution >= 4 is 27.4 Å². The zero-order valence-electron chi connectivity index (χ0n) is 7.27. The van der Waals surface area contributed by atoms with Crippen molar-refractivity contribution < 1.29 is 9.53 Å². The molecule has 2 aromatic rings. The summed E-state index contributed by atoms with van der Waals surface area (Å²) in [5.74, 6) is -0.484. The lowest BCUT2D eigenvalue weighted by molar-refractivity contribution is 0.0592. The lowest BCUT2D eigenvalue weighted by atomic mass is 10.4. The number of halogens is 1. The maximum absolute atomic E-state index is 11.2. The first-order valence-corrected chi connectivity index (χ1v) is 4.61. The standard InChI is InChI=1S/C8H6BrN3O2/c1-14-8(13)7-6(9)5-3-2-4-10-12(5)11-7/h2-4H,1H3. The van der Waals surface area contributed by atoms with E-state index in [1.54, 1.807) is 18.3 Å². The van der Waals surface area contributed by atoms with Crippen molar-refractivity contribution in [3.8, 4) is 0 Å². The van der Waals surface area contributed by atoms with Crippen LogP contribution in [0.2, 0.25) is 0 Å². The summed E-state index contributed by atoms with van der Waals surface area (Å²) >= 11 is 3.27. The van der Waals surface area contributed by atoms with Crippen LogP contribution in [0.4, 0.5) is 0 Å². The van der Waals surface area contributed by atoms with Gasteiger partial charge in [-0.3, -0.25) is 0 Å². The van der Waals surface area contributed by atoms with Gasteiger partial charge >= 0.3 is 5.97 Å². The lowest BCUT2D eigenvalue weighted by Gasteiger charge is -1.92. The molecule has 5 nitrogen and oxygen atoms in total. The molecule has 72 valence electrons. The Hall–Kier alpha value is -1.43. The number of aromatic nitrogens is 3. The van der Waals surface area contributed by atoms with Gasteiger partial charge in [0.15, 0.2) is 5.69 Å². The predicted octanol–water partition coefficient (Wildman–Crippen LogP) is 1.28. The number of hydrogen-bond donors (Lipinski definition) is 0. The van der Waals surface area contributed by atoms with E-state index in [2.05, 4.69) is 30.9 Å². The van der Waals surface area contributed by atoms with Crippen molar-refractivity contribution in [2.75, 3.05) is 7.11 Å². The summed E-state index contributed by atoms with van der Waals surface area (Å²) in [6, 6.07) is 3.57. The number of rotatable bonds is 1. The molecule has 0 aliphatic carbocycles. The van der Waals surface area contributed by atoms with E-state index in [4.69, 9.17) is 0 Å². The molecule has 0 aliphatic rings. The fraction of sp³-hybridized carbons (Fsp3) is 0.125. The Kier molecular flexibility index (Phi) is 2.20. The van der Waals surface area contributed by atoms with Crippen LogP contribution in [-0.2, 0) is 4.74 Å². The number of carbonyl (C=O) groups is 1. The second-order valence-electron chi connectivity index (χ2n) is 2.55. The van der Waals surface area contributed by atoms with Gasteiger partial charge in [-0.15, -0.1) is 9.73 Å². The van der Waals surface area contributed by atoms with Crippen LogP contribution < -0.4 is 0 Å². The Labute approximate surface area is 87.8 Å². The van der Waals surface area contributed by atoms with Crippen molar-refractivity contribution in [3.63, 3.8) is 0 Å². The first-order valence-electron chi connectivity index (χ1n) is 3.82. The largest absolute Gasteiger partial charge is 0.464 e. The minimum atomic E-state index is -0.484. The smallest absolute Gasteiger partial charge is 0.359 e. The number of nitrogens with zero attached hydrogens (tertiary/aromatic N) is 3. The topological polar surface area (TPSA) is 56.5 Å². The summed E-state index contributed by atoms with van der Waals surface area (Å²) in [6.07, 6.45) is 1.59. The summed E-state index contributed by atoms with van der Waals surface area (Å²) in [7, 11) is 1.31. The number of hydrogen-bond acceptors (Lipinski definition) is 4. The van der Waals surface area contributed by atoms with E-state index in [0.29, 0.717) is 4.47 Å². The average molecular weight is 256 g/mol. The normalized spacial score (nSPS) is 10.4. The van der Waals surface area contributed by atoms with Crippen LogP contribution in [0.15, 0.2) is 22.8 Å². The van der Waals surface area contributed by atoms with E-state index in [0.717, 1.165) is 5.52 Å². The highest BCUT2D eigenvalue weighted by atomic mass is 79.9. The number of carbonyl (C=O) groups excluding carboxylic acids is 1. The highest BCUT2D eigenvalue weighted by Gasteiger charge is 2.17. The Morgan fingerprint density at radius 3 is 3.07 bits per heavy atom. The molecule has 0 saturated carbocycles. The van der Waals surface area contributed by atoms with Crippen molar-refractivity contribution in [3.05, 3.63) is 28.5 Å². The summed E-state index contributed by atoms with van der Waals surface area (Å²) in [5, 5.41) is 7.91. The zero-order chi connectivity index (χ0) is 10.1. The molecule has 0 aromatic carbocycles. The van der Waals surface area contributed by atoms with Crippen LogP contribution in [-0.4, -0.2) is 27.9 Å². The fourth-order valence-corrected chi connectivity index (χ4v) is 1.62. The van der Waals surface area contributed by atoms with Crippen molar-refractivity contribution in [2.24, 2.45) is 0 Å². The van der Waals surface area contributed by atoms with Gasteiger partial charge in [-0.2, -0.15) is 5.10 Å². The molecule has 0 atom stereocenters. The zero-order valence-corrected chi connectivity index (χ0v) is 8.85. The first kappa shape index (κ1) is 9.14. The van der Waals surface area contributed by atoms with Crippen molar-refractivity contribution in [1.82, 2.24) is 14.8 Å². The molecule has 0 amide bonds. The molecule has 0 aliphatic heterocycles. The minimum Gasteiger partial charge on any atom is -0.464 e. The lowest BCUT2D eigenvalue weighted by Crippen LogP contribution is -2.03. The van der Waals surface area contributed by atoms with Gasteiger partial charge in [-0.25, -0.2) is 4.79 Å². The summed E-state index contributed by atoms with van der Waals surface area (Å²) in [5.41, 5.74) is 0.958. The van der Waals surface area contributed by atoms with E-state index >= 15 is 0 Å². The molecular weight excluding hydrogens is 250 g/mol. The molecule has 6 heteroatoms. The van der Waals surface area contributed by atoms with Gasteiger partial charge < -0.3 is 4.74 Å². The van der Waals surface area contributed by atoms with E-state index in [1.165, 1.54) is 11.7 Å². The SMILES string of the molecule is COC(=O)c1nn2ncccc2c1Br. The van der Waals surface area contributed by atoms with Gasteiger partial charge in [0, 0.05) is 6.20 Å². The molecule has 2 heterocycles. The van der Waals surface area contributed by atoms with Crippen molar-refractivity contribution in [1.29, 1.82) is 0 Å². The quantitative estimate of drug-likeness (QED) is 0.721. The fourth-order valence-electron chi connectivity index (χ4n) is 1.09. The Bertz CT molecular complexity index is 494. The third-order valence-corrected chi connectivity index (χ3v) is 2.52. The van der Waals surface area contributed by atoms with Gasteiger partial charge in [0.25, 0.3) is 0 Å². The van der Waals surface area contributed by atoms with Crippen LogP contribution in [0.5, 0.6) is 0 Å². The summed E-state index contributed by atoms with van der Waals surface area (Å²) in [4.78, 5) is 11.2. The second-order valence-corrected chi connectivity index (χ2v) is 3.35. The van der Waals surface area contributed by atoms with Gasteiger partial charge in [0.1, 0.15) is 5.52 Å². The highest BCUT2D eigenvalue weighted by molar-refractivity contribution is 9.10. The maximum Gasteiger partial charge on any atom is 0.359 e. The monoisotopic (exact) mass is 255 g/mol. The molecule has 0 saturated heterocycles. The van der Waals surface area contributed by atoms with E-state index in [1.807, 2.05) is 0 Å². The average Bonchev–Trinajstić information content (AvgIpc) is 2.56. The summed E-state index contributed by atoms with van der Waals surface area (Å²) < 4.78 is 6.54. The highest BCUT2D eigenvalue weighted by Crippen LogP contribution is 2.21. The van der Waals surface area contributed by atoms with Crippen LogP contribution >= 0.6 is 15.9 Å². The van der Waals surface area contributed by atoms with Crippen LogP contribution in [0.1, 0.15) is 10.5 Å². The third kappa shape index (κ3) is 1.27. The summed E-state index contributed by atoms with van der Waals surface area (Å²) in [6.45, 7) is 0. The molecular formula is C8H6BrN3O2. The third-order valence-electron chi connectivity index (χ3n) is 1.74. The number of fused-ring (bicyclic) bond motifs is 1. The molecule has 0 spiro atoms. The van der Waals surface area contributed by atoms with Crippen LogP contribution in [0, 0.1) is 0 Å². The predicted molar refractivity (Wildman–Crippen MR) is 52.0 cm³/mol. The molecule has 0 unspecified atom stereocenters. The van der Waals surface area contributed by atoms with Gasteiger partial charge in [-0.05, 0) is 28.1 Å². The Morgan fingerprint density at radius 1 is 1.64 bits per heavy atom. The molecule has 0 bridgehead atoms. The van der Waals surface area contributed by atoms with E-state index in [-0.39, 0.29) is 5.69 Å².